The van der Waals surface area contributed by atoms with Gasteiger partial charge in [0.25, 0.3) is 0 Å². The Morgan fingerprint density at radius 1 is 0.738 bits per heavy atom. The summed E-state index contributed by atoms with van der Waals surface area (Å²) in [7, 11) is 0. The normalized spacial score (nSPS) is 14.7. The molecule has 8 rings (SSSR count). The number of aromatic nitrogens is 1. The average molecular weight is 794 g/mol. The molecule has 0 saturated heterocycles. The highest BCUT2D eigenvalue weighted by Gasteiger charge is 2.27. The van der Waals surface area contributed by atoms with Crippen LogP contribution < -0.4 is 0 Å². The Kier molecular flexibility index (Phi) is 12.8. The van der Waals surface area contributed by atoms with Crippen molar-refractivity contribution in [1.82, 2.24) is 4.57 Å². The highest BCUT2D eigenvalue weighted by Crippen LogP contribution is 2.41. The zero-order valence-electron chi connectivity index (χ0n) is 36.7. The number of rotatable bonds is 13. The van der Waals surface area contributed by atoms with Crippen LogP contribution in [0.4, 0.5) is 0 Å². The summed E-state index contributed by atoms with van der Waals surface area (Å²) >= 11 is 0. The SMILES string of the molecule is C=C/C=C\C(=C(C)C)c1cc(-c2cccc(-c3cccc(/C(C)=C/C=C\Cc4cccc(-c5cccc(-n6c7c(c8c6CCC=C8)C(C)CC=C7)c5)c4)c3)c2)ccc1CCC. The fraction of sp³-hybridized carbons (Fsp3) is 0.200. The largest absolute Gasteiger partial charge is 0.313 e. The third-order valence-corrected chi connectivity index (χ3v) is 12.4. The van der Waals surface area contributed by atoms with Crippen LogP contribution in [0.5, 0.6) is 0 Å². The third kappa shape index (κ3) is 9.03. The van der Waals surface area contributed by atoms with Gasteiger partial charge in [0, 0.05) is 17.1 Å². The van der Waals surface area contributed by atoms with Gasteiger partial charge in [0.05, 0.1) is 0 Å². The lowest BCUT2D eigenvalue weighted by Crippen LogP contribution is -2.05. The van der Waals surface area contributed by atoms with E-state index in [0.29, 0.717) is 5.92 Å². The van der Waals surface area contributed by atoms with Crippen LogP contribution in [0.15, 0.2) is 176 Å². The van der Waals surface area contributed by atoms with E-state index in [1.807, 2.05) is 12.2 Å². The van der Waals surface area contributed by atoms with Crippen molar-refractivity contribution in [2.45, 2.75) is 79.1 Å². The minimum absolute atomic E-state index is 0.541. The molecule has 1 heterocycles. The second kappa shape index (κ2) is 18.9. The smallest absolute Gasteiger partial charge is 0.0496 e. The first kappa shape index (κ1) is 41.3. The van der Waals surface area contributed by atoms with Gasteiger partial charge in [0.2, 0.25) is 0 Å². The van der Waals surface area contributed by atoms with E-state index < -0.39 is 0 Å². The molecular formula is C60H59N. The number of hydrogen-bond donors (Lipinski definition) is 0. The first-order chi connectivity index (χ1) is 29.8. The van der Waals surface area contributed by atoms with E-state index >= 15 is 0 Å². The predicted molar refractivity (Wildman–Crippen MR) is 266 cm³/mol. The Balaban J connectivity index is 0.983. The molecule has 0 saturated carbocycles. The molecule has 2 aliphatic rings. The van der Waals surface area contributed by atoms with Crippen LogP contribution >= 0.6 is 0 Å². The minimum Gasteiger partial charge on any atom is -0.313 e. The van der Waals surface area contributed by atoms with Crippen molar-refractivity contribution in [2.75, 3.05) is 0 Å². The fourth-order valence-corrected chi connectivity index (χ4v) is 9.23. The van der Waals surface area contributed by atoms with E-state index in [1.54, 1.807) is 0 Å². The van der Waals surface area contributed by atoms with Gasteiger partial charge >= 0.3 is 0 Å². The molecular weight excluding hydrogens is 735 g/mol. The number of hydrogen-bond acceptors (Lipinski definition) is 0. The molecule has 304 valence electrons. The maximum atomic E-state index is 3.91. The summed E-state index contributed by atoms with van der Waals surface area (Å²) in [4.78, 5) is 0. The molecule has 0 N–H and O–H groups in total. The number of benzene rings is 5. The van der Waals surface area contributed by atoms with Gasteiger partial charge in [0.15, 0.2) is 0 Å². The molecule has 61 heavy (non-hydrogen) atoms. The maximum absolute atomic E-state index is 3.91. The summed E-state index contributed by atoms with van der Waals surface area (Å²) in [6.45, 7) is 15.1. The standard InChI is InChI=1S/C60H59N/c1-7-9-31-55(42(3)4)57-41-53(36-35-46(57)19-8-2)51-28-17-27-50(39-51)49-26-16-24-47(38-49)43(5)20-10-11-22-45-23-15-25-48(37-45)52-29-18-30-54(40-52)61-58-33-13-12-32-56(58)60-44(6)21-14-34-59(60)61/h7,9-12,14-18,20,23-32,34-41,44H,1,8,13,19,21-22,33H2,2-6H3/b11-10-,31-9-,43-20+. The summed E-state index contributed by atoms with van der Waals surface area (Å²) in [5, 5.41) is 0. The number of aryl methyl sites for hydroxylation is 1. The van der Waals surface area contributed by atoms with Gasteiger partial charge in [-0.15, -0.1) is 0 Å². The van der Waals surface area contributed by atoms with Crippen molar-refractivity contribution in [3.8, 4) is 39.1 Å². The molecule has 0 radical (unpaired) electrons. The lowest BCUT2D eigenvalue weighted by Gasteiger charge is -2.18. The van der Waals surface area contributed by atoms with Crippen molar-refractivity contribution in [1.29, 1.82) is 0 Å². The molecule has 2 aliphatic carbocycles. The second-order valence-corrected chi connectivity index (χ2v) is 17.0. The third-order valence-electron chi connectivity index (χ3n) is 12.4. The lowest BCUT2D eigenvalue weighted by atomic mass is 9.88. The Morgan fingerprint density at radius 2 is 1.44 bits per heavy atom. The van der Waals surface area contributed by atoms with E-state index in [9.17, 15) is 0 Å². The predicted octanol–water partition coefficient (Wildman–Crippen LogP) is 16.6. The second-order valence-electron chi connectivity index (χ2n) is 17.0. The zero-order valence-corrected chi connectivity index (χ0v) is 36.7. The Morgan fingerprint density at radius 3 is 2.21 bits per heavy atom. The molecule has 1 atom stereocenters. The van der Waals surface area contributed by atoms with Crippen molar-refractivity contribution in [3.63, 3.8) is 0 Å². The summed E-state index contributed by atoms with van der Waals surface area (Å²) < 4.78 is 2.53. The molecule has 1 nitrogen and oxygen atoms in total. The van der Waals surface area contributed by atoms with Crippen molar-refractivity contribution >= 4 is 23.3 Å². The molecule has 1 aromatic heterocycles. The summed E-state index contributed by atoms with van der Waals surface area (Å²) in [6.07, 6.45) is 28.6. The van der Waals surface area contributed by atoms with E-state index in [1.165, 1.54) is 101 Å². The first-order valence-electron chi connectivity index (χ1n) is 22.3. The number of nitrogens with zero attached hydrogens (tertiary/aromatic N) is 1. The highest BCUT2D eigenvalue weighted by molar-refractivity contribution is 5.83. The van der Waals surface area contributed by atoms with Crippen LogP contribution in [-0.2, 0) is 19.3 Å². The van der Waals surface area contributed by atoms with Gasteiger partial charge in [0.1, 0.15) is 0 Å². The van der Waals surface area contributed by atoms with Gasteiger partial charge in [-0.25, -0.2) is 0 Å². The molecule has 1 unspecified atom stereocenters. The van der Waals surface area contributed by atoms with Crippen LogP contribution in [0, 0.1) is 0 Å². The van der Waals surface area contributed by atoms with Crippen molar-refractivity contribution in [2.24, 2.45) is 0 Å². The van der Waals surface area contributed by atoms with Crippen molar-refractivity contribution in [3.05, 3.63) is 221 Å². The summed E-state index contributed by atoms with van der Waals surface area (Å²) in [5.74, 6) is 0.541. The van der Waals surface area contributed by atoms with Crippen LogP contribution in [0.25, 0.3) is 62.4 Å². The maximum Gasteiger partial charge on any atom is 0.0496 e. The average Bonchev–Trinajstić information content (AvgIpc) is 3.64. The monoisotopic (exact) mass is 793 g/mol. The summed E-state index contributed by atoms with van der Waals surface area (Å²) in [5.41, 5.74) is 23.5. The van der Waals surface area contributed by atoms with Crippen LogP contribution in [0.2, 0.25) is 0 Å². The van der Waals surface area contributed by atoms with Crippen LogP contribution in [0.1, 0.15) is 105 Å². The molecule has 0 aliphatic heterocycles. The quantitative estimate of drug-likeness (QED) is 0.103. The van der Waals surface area contributed by atoms with E-state index in [2.05, 4.69) is 210 Å². The summed E-state index contributed by atoms with van der Waals surface area (Å²) in [6, 6.07) is 43.0. The molecule has 0 amide bonds. The Labute approximate surface area is 365 Å². The van der Waals surface area contributed by atoms with Gasteiger partial charge in [-0.05, 0) is 173 Å². The topological polar surface area (TPSA) is 4.93 Å². The van der Waals surface area contributed by atoms with Gasteiger partial charge in [-0.3, -0.25) is 0 Å². The van der Waals surface area contributed by atoms with Crippen molar-refractivity contribution < 1.29 is 0 Å². The fourth-order valence-electron chi connectivity index (χ4n) is 9.23. The van der Waals surface area contributed by atoms with E-state index in [-0.39, 0.29) is 0 Å². The molecule has 0 bridgehead atoms. The molecule has 0 spiro atoms. The first-order valence-corrected chi connectivity index (χ1v) is 22.3. The zero-order chi connectivity index (χ0) is 42.3. The van der Waals surface area contributed by atoms with Crippen LogP contribution in [-0.4, -0.2) is 4.57 Å². The number of allylic oxidation sites excluding steroid dienone is 11. The Bertz CT molecular complexity index is 2760. The molecule has 5 aromatic carbocycles. The lowest BCUT2D eigenvalue weighted by molar-refractivity contribution is 0.766. The van der Waals surface area contributed by atoms with E-state index in [0.717, 1.165) is 38.5 Å². The highest BCUT2D eigenvalue weighted by atomic mass is 15.0. The molecule has 0 fully saturated rings. The molecule has 1 heteroatoms. The van der Waals surface area contributed by atoms with Gasteiger partial charge < -0.3 is 4.57 Å². The number of fused-ring (bicyclic) bond motifs is 3. The minimum atomic E-state index is 0.541. The van der Waals surface area contributed by atoms with Crippen LogP contribution in [0.3, 0.4) is 0 Å². The van der Waals surface area contributed by atoms with Gasteiger partial charge in [-0.2, -0.15) is 0 Å². The van der Waals surface area contributed by atoms with E-state index in [4.69, 9.17) is 0 Å². The Hall–Kier alpha value is -6.44. The van der Waals surface area contributed by atoms with Gasteiger partial charge in [-0.1, -0.05) is 172 Å². The molecule has 6 aromatic rings.